The fourth-order valence-corrected chi connectivity index (χ4v) is 4.45. The molecule has 12 heteroatoms. The van der Waals surface area contributed by atoms with Crippen LogP contribution in [-0.4, -0.2) is 64.0 Å². The number of hydrogen-bond donors (Lipinski definition) is 3. The first-order chi connectivity index (χ1) is 18.8. The zero-order valence-corrected chi connectivity index (χ0v) is 21.2. The predicted octanol–water partition coefficient (Wildman–Crippen LogP) is 0.553. The Kier molecular flexibility index (Phi) is 6.72. The third-order valence-electron chi connectivity index (χ3n) is 6.46. The molecule has 0 spiro atoms. The molecule has 1 aromatic carbocycles. The summed E-state index contributed by atoms with van der Waals surface area (Å²) >= 11 is 0. The molecule has 39 heavy (non-hydrogen) atoms. The molecule has 0 radical (unpaired) electrons. The lowest BCUT2D eigenvalue weighted by Gasteiger charge is -2.26. The molecule has 0 aliphatic carbocycles. The fraction of sp³-hybridized carbons (Fsp3) is 0.259. The summed E-state index contributed by atoms with van der Waals surface area (Å²) in [7, 11) is 2.98. The molecule has 3 aromatic rings. The van der Waals surface area contributed by atoms with Crippen molar-refractivity contribution in [2.75, 3.05) is 20.8 Å². The van der Waals surface area contributed by atoms with Crippen LogP contribution in [0.3, 0.4) is 0 Å². The molecular formula is C27H24N6O6. The number of nitrogens with one attached hydrogen (secondary N) is 3. The first-order valence-electron chi connectivity index (χ1n) is 12.0. The van der Waals surface area contributed by atoms with Crippen LogP contribution in [0.5, 0.6) is 11.5 Å². The number of amides is 4. The van der Waals surface area contributed by atoms with Crippen LogP contribution in [0.4, 0.5) is 4.79 Å². The number of H-pyrrole nitrogens is 1. The molecule has 1 atom stereocenters. The molecule has 0 bridgehead atoms. The van der Waals surface area contributed by atoms with E-state index in [4.69, 9.17) is 9.47 Å². The Morgan fingerprint density at radius 3 is 2.62 bits per heavy atom. The topological polar surface area (TPSA) is 156 Å². The highest BCUT2D eigenvalue weighted by molar-refractivity contribution is 6.10. The van der Waals surface area contributed by atoms with Crippen LogP contribution in [0, 0.1) is 11.8 Å². The number of aromatic nitrogens is 3. The lowest BCUT2D eigenvalue weighted by molar-refractivity contribution is -0.122. The number of urea groups is 1. The van der Waals surface area contributed by atoms with Crippen LogP contribution in [0.25, 0.3) is 0 Å². The van der Waals surface area contributed by atoms with Crippen LogP contribution < -0.4 is 25.7 Å². The minimum atomic E-state index is -1.69. The second kappa shape index (κ2) is 10.3. The molecule has 2 aromatic heterocycles. The zero-order valence-electron chi connectivity index (χ0n) is 21.2. The number of benzene rings is 1. The van der Waals surface area contributed by atoms with Crippen LogP contribution >= 0.6 is 0 Å². The van der Waals surface area contributed by atoms with Crippen LogP contribution in [0.2, 0.25) is 0 Å². The Morgan fingerprint density at radius 1 is 1.05 bits per heavy atom. The van der Waals surface area contributed by atoms with Gasteiger partial charge in [-0.3, -0.25) is 19.7 Å². The summed E-state index contributed by atoms with van der Waals surface area (Å²) in [6.45, 7) is 0.0820. The van der Waals surface area contributed by atoms with Crippen molar-refractivity contribution in [2.45, 2.75) is 24.9 Å². The number of imide groups is 1. The molecule has 0 saturated carbocycles. The van der Waals surface area contributed by atoms with Crippen molar-refractivity contribution in [1.82, 2.24) is 30.5 Å². The Labute approximate surface area is 222 Å². The second-order valence-electron chi connectivity index (χ2n) is 9.02. The number of hydrogen-bond acceptors (Lipinski definition) is 8. The number of fused-ring (bicyclic) bond motifs is 1. The van der Waals surface area contributed by atoms with Gasteiger partial charge in [0.2, 0.25) is 5.54 Å². The van der Waals surface area contributed by atoms with E-state index < -0.39 is 17.5 Å². The van der Waals surface area contributed by atoms with Crippen molar-refractivity contribution in [3.05, 3.63) is 81.3 Å². The van der Waals surface area contributed by atoms with Gasteiger partial charge in [-0.1, -0.05) is 12.0 Å². The third-order valence-corrected chi connectivity index (χ3v) is 6.46. The van der Waals surface area contributed by atoms with Crippen LogP contribution in [0.1, 0.15) is 33.0 Å². The number of rotatable bonds is 7. The van der Waals surface area contributed by atoms with E-state index in [0.29, 0.717) is 35.7 Å². The number of pyridine rings is 1. The third kappa shape index (κ3) is 5.15. The number of aryl methyl sites for hydroxylation is 2. The predicted molar refractivity (Wildman–Crippen MR) is 137 cm³/mol. The van der Waals surface area contributed by atoms with Gasteiger partial charge in [-0.15, -0.1) is 0 Å². The minimum Gasteiger partial charge on any atom is -0.497 e. The molecule has 2 aliphatic rings. The Hall–Kier alpha value is -5.18. The first-order valence-corrected chi connectivity index (χ1v) is 12.0. The van der Waals surface area contributed by atoms with Gasteiger partial charge < -0.3 is 24.7 Å². The van der Waals surface area contributed by atoms with Crippen molar-refractivity contribution >= 4 is 17.8 Å². The van der Waals surface area contributed by atoms with Gasteiger partial charge in [-0.2, -0.15) is 0 Å². The molecule has 2 aliphatic heterocycles. The molecule has 4 heterocycles. The SMILES string of the molecule is COc1ccc2c(c1)C(=O)N(C[C@@]1(C#Cc3ncc(CCc4nccc(=O)[nH]4)cc3OC)NC(=O)NC1=O)C2. The number of carbonyl (C=O) groups is 3. The molecule has 198 valence electrons. The van der Waals surface area contributed by atoms with Crippen LogP contribution in [-0.2, 0) is 24.2 Å². The highest BCUT2D eigenvalue weighted by atomic mass is 16.5. The monoisotopic (exact) mass is 528 g/mol. The summed E-state index contributed by atoms with van der Waals surface area (Å²) < 4.78 is 10.7. The summed E-state index contributed by atoms with van der Waals surface area (Å²) in [5, 5.41) is 4.79. The average Bonchev–Trinajstić information content (AvgIpc) is 3.39. The van der Waals surface area contributed by atoms with E-state index in [9.17, 15) is 19.2 Å². The Balaban J connectivity index is 1.38. The summed E-state index contributed by atoms with van der Waals surface area (Å²) in [6.07, 6.45) is 4.08. The summed E-state index contributed by atoms with van der Waals surface area (Å²) in [4.78, 5) is 62.3. The van der Waals surface area contributed by atoms with E-state index >= 15 is 0 Å². The van der Waals surface area contributed by atoms with Crippen LogP contribution in [0.15, 0.2) is 47.5 Å². The summed E-state index contributed by atoms with van der Waals surface area (Å²) in [6, 6.07) is 7.59. The summed E-state index contributed by atoms with van der Waals surface area (Å²) in [5.41, 5.74) is 0.411. The molecule has 12 nitrogen and oxygen atoms in total. The highest BCUT2D eigenvalue weighted by Crippen LogP contribution is 2.28. The Morgan fingerprint density at radius 2 is 1.90 bits per heavy atom. The lowest BCUT2D eigenvalue weighted by atomic mass is 9.99. The standard InChI is InChI=1S/C27H24N6O6/c1-38-18-5-4-17-14-33(24(35)19(17)12-18)15-27(25(36)31-26(37)32-27)9-7-20-21(39-2)11-16(13-29-20)3-6-22-28-10-8-23(34)30-22/h4-5,8,10-13H,3,6,14-15H2,1-2H3,(H,28,30,34)(H2,31,32,36,37)/t27-/m1/s1. The minimum absolute atomic E-state index is 0.171. The number of nitrogens with zero attached hydrogens (tertiary/aromatic N) is 3. The van der Waals surface area contributed by atoms with Crippen molar-refractivity contribution in [2.24, 2.45) is 0 Å². The Bertz CT molecular complexity index is 1610. The molecule has 5 rings (SSSR count). The maximum absolute atomic E-state index is 13.1. The van der Waals surface area contributed by atoms with E-state index in [1.807, 2.05) is 0 Å². The van der Waals surface area contributed by atoms with Gasteiger partial charge in [-0.05, 0) is 41.7 Å². The summed E-state index contributed by atoms with van der Waals surface area (Å²) in [5.74, 6) is 6.19. The normalized spacial score (nSPS) is 17.7. The van der Waals surface area contributed by atoms with Crippen molar-refractivity contribution in [3.8, 4) is 23.3 Å². The number of carbonyl (C=O) groups excluding carboxylic acids is 3. The fourth-order valence-electron chi connectivity index (χ4n) is 4.45. The number of ether oxygens (including phenoxy) is 2. The van der Waals surface area contributed by atoms with Gasteiger partial charge >= 0.3 is 6.03 Å². The average molecular weight is 529 g/mol. The van der Waals surface area contributed by atoms with Gasteiger partial charge in [0.25, 0.3) is 17.4 Å². The molecule has 3 N–H and O–H groups in total. The van der Waals surface area contributed by atoms with Crippen molar-refractivity contribution < 1.29 is 23.9 Å². The van der Waals surface area contributed by atoms with E-state index in [0.717, 1.165) is 11.1 Å². The molecule has 4 amide bonds. The van der Waals surface area contributed by atoms with E-state index in [1.54, 1.807) is 30.5 Å². The van der Waals surface area contributed by atoms with Crippen molar-refractivity contribution in [1.29, 1.82) is 0 Å². The molecule has 0 unspecified atom stereocenters. The maximum Gasteiger partial charge on any atom is 0.323 e. The van der Waals surface area contributed by atoms with Gasteiger partial charge in [0.05, 0.1) is 20.8 Å². The molecule has 1 saturated heterocycles. The largest absolute Gasteiger partial charge is 0.497 e. The number of aromatic amines is 1. The molecular weight excluding hydrogens is 504 g/mol. The van der Waals surface area contributed by atoms with E-state index in [2.05, 4.69) is 37.4 Å². The van der Waals surface area contributed by atoms with E-state index in [1.165, 1.54) is 31.4 Å². The van der Waals surface area contributed by atoms with Gasteiger partial charge in [0.1, 0.15) is 11.6 Å². The van der Waals surface area contributed by atoms with Gasteiger partial charge in [-0.25, -0.2) is 14.8 Å². The number of methoxy groups -OCH3 is 2. The van der Waals surface area contributed by atoms with Crippen molar-refractivity contribution in [3.63, 3.8) is 0 Å². The smallest absolute Gasteiger partial charge is 0.323 e. The quantitative estimate of drug-likeness (QED) is 0.297. The second-order valence-corrected chi connectivity index (χ2v) is 9.02. The first kappa shape index (κ1) is 25.5. The van der Waals surface area contributed by atoms with Gasteiger partial charge in [0.15, 0.2) is 11.4 Å². The highest BCUT2D eigenvalue weighted by Gasteiger charge is 2.48. The lowest BCUT2D eigenvalue weighted by Crippen LogP contribution is -2.54. The van der Waals surface area contributed by atoms with Gasteiger partial charge in [0, 0.05) is 37.0 Å². The van der Waals surface area contributed by atoms with E-state index in [-0.39, 0.29) is 30.2 Å². The zero-order chi connectivity index (χ0) is 27.6. The maximum atomic E-state index is 13.1. The molecule has 1 fully saturated rings.